The minimum atomic E-state index is -4.20. The van der Waals surface area contributed by atoms with Gasteiger partial charge in [-0.1, -0.05) is 11.3 Å². The maximum absolute atomic E-state index is 13.6. The molecule has 3 N–H and O–H groups in total. The van der Waals surface area contributed by atoms with Crippen LogP contribution in [0.15, 0.2) is 34.8 Å². The zero-order valence-corrected chi connectivity index (χ0v) is 24.5. The summed E-state index contributed by atoms with van der Waals surface area (Å²) in [5, 5.41) is 1.60. The van der Waals surface area contributed by atoms with Crippen LogP contribution < -0.4 is 20.1 Å². The molecule has 2 fully saturated rings. The molecule has 0 saturated carbocycles. The Morgan fingerprint density at radius 1 is 1.31 bits per heavy atom. The van der Waals surface area contributed by atoms with Gasteiger partial charge in [0.2, 0.25) is 5.91 Å². The number of aromatic nitrogens is 2. The second-order valence-electron chi connectivity index (χ2n) is 10.0. The molecule has 0 spiro atoms. The van der Waals surface area contributed by atoms with Crippen LogP contribution in [-0.4, -0.2) is 86.5 Å². The van der Waals surface area contributed by atoms with Crippen molar-refractivity contribution in [3.63, 3.8) is 0 Å². The summed E-state index contributed by atoms with van der Waals surface area (Å²) in [6, 6.07) is 3.09. The number of hydrogen-bond acceptors (Lipinski definition) is 11. The third-order valence-electron chi connectivity index (χ3n) is 7.26. The fourth-order valence-corrected chi connectivity index (χ4v) is 7.56. The number of thiazole rings is 1. The van der Waals surface area contributed by atoms with Crippen molar-refractivity contribution >= 4 is 55.0 Å². The topological polar surface area (TPSA) is 157 Å². The number of anilines is 2. The summed E-state index contributed by atoms with van der Waals surface area (Å²) in [6.07, 6.45) is 2.46. The summed E-state index contributed by atoms with van der Waals surface area (Å²) >= 11 is 0.753. The molecule has 1 aromatic carbocycles. The number of sulfonamides is 1. The lowest BCUT2D eigenvalue weighted by atomic mass is 10.00. The van der Waals surface area contributed by atoms with Crippen LogP contribution in [0.2, 0.25) is 0 Å². The number of hydrogen-bond donors (Lipinski definition) is 2. The standard InChI is InChI=1S/C26H30F2N6O6S2/c1-3-40-24(36)19(11-16-10-15-4-7-30-22(29)17(15)12-20(16)39-2)34-8-5-18(23(34)35)32-42(37,38)21-13-31-25(41-21)33-9-6-26(27,28)14-33/h4,7,10,12-13,18-19,32H,3,5-6,8-9,11,14H2,1-2H3,(H2,29,30)/t18-,19+/m0/s1. The van der Waals surface area contributed by atoms with Crippen molar-refractivity contribution in [1.82, 2.24) is 19.6 Å². The predicted octanol–water partition coefficient (Wildman–Crippen LogP) is 2.18. The Kier molecular flexibility index (Phi) is 8.22. The lowest BCUT2D eigenvalue weighted by molar-refractivity contribution is -0.153. The van der Waals surface area contributed by atoms with Gasteiger partial charge < -0.3 is 25.0 Å². The predicted molar refractivity (Wildman–Crippen MR) is 151 cm³/mol. The van der Waals surface area contributed by atoms with E-state index in [4.69, 9.17) is 15.2 Å². The second-order valence-corrected chi connectivity index (χ2v) is 13.0. The van der Waals surface area contributed by atoms with Gasteiger partial charge in [0, 0.05) is 37.5 Å². The van der Waals surface area contributed by atoms with E-state index in [-0.39, 0.29) is 48.3 Å². The number of esters is 1. The molecule has 0 bridgehead atoms. The first-order valence-electron chi connectivity index (χ1n) is 13.2. The number of fused-ring (bicyclic) bond motifs is 1. The number of carbonyl (C=O) groups excluding carboxylic acids is 2. The number of carbonyl (C=O) groups is 2. The Labute approximate surface area is 244 Å². The maximum atomic E-state index is 13.6. The van der Waals surface area contributed by atoms with Crippen molar-refractivity contribution in [3.05, 3.63) is 36.2 Å². The molecular formula is C26H30F2N6O6S2. The summed E-state index contributed by atoms with van der Waals surface area (Å²) in [6.45, 7) is 1.35. The smallest absolute Gasteiger partial charge is 0.329 e. The maximum Gasteiger partial charge on any atom is 0.329 e. The van der Waals surface area contributed by atoms with Crippen LogP contribution in [-0.2, 0) is 30.8 Å². The molecule has 12 nitrogen and oxygen atoms in total. The molecule has 42 heavy (non-hydrogen) atoms. The van der Waals surface area contributed by atoms with Crippen molar-refractivity contribution in [2.75, 3.05) is 44.0 Å². The van der Waals surface area contributed by atoms with Crippen LogP contribution in [0.5, 0.6) is 5.75 Å². The molecule has 0 unspecified atom stereocenters. The molecule has 3 aromatic rings. The van der Waals surface area contributed by atoms with E-state index in [1.54, 1.807) is 31.3 Å². The third kappa shape index (κ3) is 5.96. The SMILES string of the molecule is CCOC(=O)[C@@H](Cc1cc2ccnc(N)c2cc1OC)N1CC[C@H](NS(=O)(=O)c2cnc(N3CCC(F)(F)C3)s2)C1=O. The molecule has 2 saturated heterocycles. The van der Waals surface area contributed by atoms with Gasteiger partial charge in [0.1, 0.15) is 23.7 Å². The minimum Gasteiger partial charge on any atom is -0.496 e. The van der Waals surface area contributed by atoms with Crippen LogP contribution >= 0.6 is 11.3 Å². The molecular weight excluding hydrogens is 594 g/mol. The van der Waals surface area contributed by atoms with Crippen LogP contribution in [0.4, 0.5) is 19.7 Å². The van der Waals surface area contributed by atoms with Crippen molar-refractivity contribution in [2.24, 2.45) is 0 Å². The average Bonchev–Trinajstić information content (AvgIpc) is 3.66. The molecule has 1 amide bonds. The van der Waals surface area contributed by atoms with Gasteiger partial charge in [-0.25, -0.2) is 32.0 Å². The number of nitrogen functional groups attached to an aromatic ring is 1. The van der Waals surface area contributed by atoms with Gasteiger partial charge in [0.15, 0.2) is 9.34 Å². The number of pyridine rings is 1. The lowest BCUT2D eigenvalue weighted by Gasteiger charge is -2.27. The van der Waals surface area contributed by atoms with Crippen LogP contribution in [0.3, 0.4) is 0 Å². The zero-order valence-electron chi connectivity index (χ0n) is 22.9. The molecule has 2 atom stereocenters. The summed E-state index contributed by atoms with van der Waals surface area (Å²) in [7, 11) is -2.73. The number of nitrogens with two attached hydrogens (primary N) is 1. The molecule has 5 rings (SSSR count). The largest absolute Gasteiger partial charge is 0.496 e. The average molecular weight is 625 g/mol. The molecule has 226 valence electrons. The number of alkyl halides is 2. The van der Waals surface area contributed by atoms with Crippen molar-refractivity contribution in [2.45, 2.75) is 48.4 Å². The third-order valence-corrected chi connectivity index (χ3v) is 10.2. The Balaban J connectivity index is 1.35. The van der Waals surface area contributed by atoms with Crippen molar-refractivity contribution < 1.29 is 36.3 Å². The molecule has 2 aromatic heterocycles. The number of nitrogens with one attached hydrogen (secondary N) is 1. The van der Waals surface area contributed by atoms with E-state index in [9.17, 15) is 26.8 Å². The van der Waals surface area contributed by atoms with Crippen molar-refractivity contribution in [1.29, 1.82) is 0 Å². The van der Waals surface area contributed by atoms with Crippen LogP contribution in [0.1, 0.15) is 25.3 Å². The minimum absolute atomic E-state index is 0.0457. The highest BCUT2D eigenvalue weighted by Gasteiger charge is 2.43. The Morgan fingerprint density at radius 2 is 2.10 bits per heavy atom. The van der Waals surface area contributed by atoms with E-state index >= 15 is 0 Å². The number of ether oxygens (including phenoxy) is 2. The summed E-state index contributed by atoms with van der Waals surface area (Å²) < 4.78 is 66.5. The number of halogens is 2. The van der Waals surface area contributed by atoms with Gasteiger partial charge in [-0.3, -0.25) is 4.79 Å². The number of rotatable bonds is 10. The highest BCUT2D eigenvalue weighted by molar-refractivity contribution is 7.91. The van der Waals surface area contributed by atoms with Gasteiger partial charge in [-0.05, 0) is 42.5 Å². The lowest BCUT2D eigenvalue weighted by Crippen LogP contribution is -2.48. The van der Waals surface area contributed by atoms with E-state index in [0.717, 1.165) is 22.9 Å². The van der Waals surface area contributed by atoms with Gasteiger partial charge in [0.25, 0.3) is 15.9 Å². The molecule has 16 heteroatoms. The molecule has 0 radical (unpaired) electrons. The molecule has 0 aliphatic carbocycles. The fraction of sp³-hybridized carbons (Fsp3) is 0.462. The highest BCUT2D eigenvalue weighted by Crippen LogP contribution is 2.35. The van der Waals surface area contributed by atoms with Gasteiger partial charge in [-0.2, -0.15) is 4.72 Å². The Hall–Kier alpha value is -3.63. The summed E-state index contributed by atoms with van der Waals surface area (Å²) in [5.41, 5.74) is 6.62. The molecule has 2 aliphatic heterocycles. The first kappa shape index (κ1) is 29.8. The normalized spacial score (nSPS) is 19.4. The quantitative estimate of drug-likeness (QED) is 0.321. The Bertz CT molecular complexity index is 1620. The number of methoxy groups -OCH3 is 1. The number of likely N-dealkylation sites (tertiary alicyclic amines) is 1. The van der Waals surface area contributed by atoms with Crippen LogP contribution in [0.25, 0.3) is 10.8 Å². The number of benzene rings is 1. The van der Waals surface area contributed by atoms with E-state index in [0.29, 0.717) is 22.5 Å². The molecule has 2 aliphatic rings. The van der Waals surface area contributed by atoms with Crippen LogP contribution in [0, 0.1) is 0 Å². The number of nitrogens with zero attached hydrogens (tertiary/aromatic N) is 4. The van der Waals surface area contributed by atoms with E-state index in [1.807, 2.05) is 0 Å². The summed E-state index contributed by atoms with van der Waals surface area (Å²) in [4.78, 5) is 37.3. The van der Waals surface area contributed by atoms with Crippen molar-refractivity contribution in [3.8, 4) is 5.75 Å². The first-order valence-corrected chi connectivity index (χ1v) is 15.5. The van der Waals surface area contributed by atoms with E-state index < -0.39 is 46.5 Å². The summed E-state index contributed by atoms with van der Waals surface area (Å²) in [5.74, 6) is -3.33. The van der Waals surface area contributed by atoms with E-state index in [2.05, 4.69) is 14.7 Å². The first-order chi connectivity index (χ1) is 19.9. The monoisotopic (exact) mass is 624 g/mol. The number of amides is 1. The van der Waals surface area contributed by atoms with Gasteiger partial charge in [-0.15, -0.1) is 0 Å². The fourth-order valence-electron chi connectivity index (χ4n) is 5.17. The van der Waals surface area contributed by atoms with E-state index in [1.165, 1.54) is 16.9 Å². The molecule has 4 heterocycles. The second kappa shape index (κ2) is 11.6. The van der Waals surface area contributed by atoms with Gasteiger partial charge in [0.05, 0.1) is 26.5 Å². The Morgan fingerprint density at radius 3 is 2.79 bits per heavy atom. The zero-order chi connectivity index (χ0) is 30.2. The van der Waals surface area contributed by atoms with Gasteiger partial charge >= 0.3 is 5.97 Å². The highest BCUT2D eigenvalue weighted by atomic mass is 32.2.